The number of nitrogens with zero attached hydrogens (tertiary/aromatic N) is 3. The second kappa shape index (κ2) is 3.14. The highest BCUT2D eigenvalue weighted by molar-refractivity contribution is 5.34. The Labute approximate surface area is 75.2 Å². The number of rotatable bonds is 2. The van der Waals surface area contributed by atoms with E-state index in [0.29, 0.717) is 11.8 Å². The number of nitrogens with two attached hydrogens (primary N) is 1. The van der Waals surface area contributed by atoms with Crippen LogP contribution < -0.4 is 11.2 Å². The normalized spacial score (nSPS) is 9.85. The average molecular weight is 175 g/mol. The van der Waals surface area contributed by atoms with Crippen LogP contribution in [0.25, 0.3) is 0 Å². The molecule has 0 saturated heterocycles. The molecule has 0 aliphatic rings. The van der Waals surface area contributed by atoms with Crippen molar-refractivity contribution in [3.63, 3.8) is 0 Å². The predicted octanol–water partition coefficient (Wildman–Crippen LogP) is 0.736. The summed E-state index contributed by atoms with van der Waals surface area (Å²) in [6.07, 6.45) is 5.31. The highest BCUT2D eigenvalue weighted by Gasteiger charge is 1.94. The van der Waals surface area contributed by atoms with E-state index >= 15 is 0 Å². The summed E-state index contributed by atoms with van der Waals surface area (Å²) in [7, 11) is 0. The number of hydrogen-bond acceptors (Lipinski definition) is 4. The minimum atomic E-state index is 0.449. The summed E-state index contributed by atoms with van der Waals surface area (Å²) in [5, 5.41) is 0. The molecule has 66 valence electrons. The topological polar surface area (TPSA) is 68.8 Å². The molecule has 3 N–H and O–H groups in total. The Morgan fingerprint density at radius 3 is 2.77 bits per heavy atom. The van der Waals surface area contributed by atoms with Crippen molar-refractivity contribution in [2.24, 2.45) is 0 Å². The van der Waals surface area contributed by atoms with E-state index in [0.717, 1.165) is 0 Å². The molecular formula is C8H9N5. The Balaban J connectivity index is 2.19. The van der Waals surface area contributed by atoms with Crippen LogP contribution in [0.4, 0.5) is 11.8 Å². The van der Waals surface area contributed by atoms with E-state index in [9.17, 15) is 0 Å². The Bertz CT molecular complexity index is 381. The van der Waals surface area contributed by atoms with Crippen LogP contribution in [-0.4, -0.2) is 14.6 Å². The first-order valence-corrected chi connectivity index (χ1v) is 3.83. The molecule has 0 unspecified atom stereocenters. The molecular weight excluding hydrogens is 166 g/mol. The Kier molecular flexibility index (Phi) is 1.84. The van der Waals surface area contributed by atoms with Gasteiger partial charge < -0.3 is 5.73 Å². The zero-order chi connectivity index (χ0) is 9.10. The molecule has 5 heteroatoms. The van der Waals surface area contributed by atoms with Gasteiger partial charge in [0.05, 0.1) is 0 Å². The molecule has 2 rings (SSSR count). The van der Waals surface area contributed by atoms with Gasteiger partial charge >= 0.3 is 0 Å². The van der Waals surface area contributed by atoms with E-state index in [1.807, 2.05) is 24.5 Å². The first-order chi connectivity index (χ1) is 6.34. The highest BCUT2D eigenvalue weighted by Crippen LogP contribution is 2.01. The molecule has 2 aromatic heterocycles. The fourth-order valence-electron chi connectivity index (χ4n) is 0.951. The van der Waals surface area contributed by atoms with Crippen LogP contribution in [0.1, 0.15) is 0 Å². The summed E-state index contributed by atoms with van der Waals surface area (Å²) in [6, 6.07) is 5.44. The molecule has 0 fully saturated rings. The van der Waals surface area contributed by atoms with Crippen molar-refractivity contribution >= 4 is 11.8 Å². The standard InChI is InChI=1S/C8H9N5/c9-7-3-4-10-8(11-7)12-13-5-1-2-6-13/h1-6H,(H3,9,10,11,12). The summed E-state index contributed by atoms with van der Waals surface area (Å²) in [6.45, 7) is 0. The summed E-state index contributed by atoms with van der Waals surface area (Å²) in [4.78, 5) is 7.97. The van der Waals surface area contributed by atoms with Gasteiger partial charge in [-0.15, -0.1) is 0 Å². The molecule has 0 aliphatic heterocycles. The average Bonchev–Trinajstić information content (AvgIpc) is 2.57. The molecule has 0 bridgehead atoms. The van der Waals surface area contributed by atoms with Crippen LogP contribution in [0, 0.1) is 0 Å². The van der Waals surface area contributed by atoms with Crippen LogP contribution in [0.5, 0.6) is 0 Å². The van der Waals surface area contributed by atoms with Crippen molar-refractivity contribution in [1.29, 1.82) is 0 Å². The van der Waals surface area contributed by atoms with Gasteiger partial charge in [-0.3, -0.25) is 10.1 Å². The third-order valence-corrected chi connectivity index (χ3v) is 1.51. The highest BCUT2D eigenvalue weighted by atomic mass is 15.4. The summed E-state index contributed by atoms with van der Waals surface area (Å²) in [5.41, 5.74) is 8.43. The Hall–Kier alpha value is -2.04. The van der Waals surface area contributed by atoms with E-state index in [1.54, 1.807) is 16.9 Å². The molecule has 0 spiro atoms. The van der Waals surface area contributed by atoms with E-state index < -0.39 is 0 Å². The molecule has 0 atom stereocenters. The third kappa shape index (κ3) is 1.76. The Morgan fingerprint density at radius 1 is 1.31 bits per heavy atom. The monoisotopic (exact) mass is 175 g/mol. The summed E-state index contributed by atoms with van der Waals surface area (Å²) in [5.74, 6) is 0.931. The molecule has 2 aromatic rings. The van der Waals surface area contributed by atoms with Gasteiger partial charge in [-0.25, -0.2) is 4.98 Å². The number of anilines is 2. The fraction of sp³-hybridized carbons (Fsp3) is 0. The van der Waals surface area contributed by atoms with E-state index in [2.05, 4.69) is 15.4 Å². The van der Waals surface area contributed by atoms with Crippen molar-refractivity contribution in [2.75, 3.05) is 11.2 Å². The van der Waals surface area contributed by atoms with Gasteiger partial charge in [0, 0.05) is 18.6 Å². The molecule has 2 heterocycles. The van der Waals surface area contributed by atoms with Crippen LogP contribution in [0.2, 0.25) is 0 Å². The lowest BCUT2D eigenvalue weighted by Crippen LogP contribution is -2.09. The lowest BCUT2D eigenvalue weighted by molar-refractivity contribution is 0.929. The maximum absolute atomic E-state index is 5.49. The van der Waals surface area contributed by atoms with Crippen molar-refractivity contribution in [2.45, 2.75) is 0 Å². The quantitative estimate of drug-likeness (QED) is 0.706. The smallest absolute Gasteiger partial charge is 0.244 e. The molecule has 0 amide bonds. The SMILES string of the molecule is Nc1ccnc(Nn2cccc2)n1. The zero-order valence-electron chi connectivity index (χ0n) is 6.88. The van der Waals surface area contributed by atoms with Gasteiger partial charge in [0.1, 0.15) is 5.82 Å². The number of hydrogen-bond donors (Lipinski definition) is 2. The van der Waals surface area contributed by atoms with Gasteiger partial charge in [-0.2, -0.15) is 4.98 Å². The fourth-order valence-corrected chi connectivity index (χ4v) is 0.951. The van der Waals surface area contributed by atoms with E-state index in [1.165, 1.54) is 0 Å². The van der Waals surface area contributed by atoms with Crippen molar-refractivity contribution < 1.29 is 0 Å². The van der Waals surface area contributed by atoms with Crippen LogP contribution >= 0.6 is 0 Å². The van der Waals surface area contributed by atoms with Gasteiger partial charge in [-0.1, -0.05) is 0 Å². The second-order valence-corrected chi connectivity index (χ2v) is 2.51. The predicted molar refractivity (Wildman–Crippen MR) is 49.9 cm³/mol. The molecule has 0 aromatic carbocycles. The minimum Gasteiger partial charge on any atom is -0.384 e. The zero-order valence-corrected chi connectivity index (χ0v) is 6.88. The first kappa shape index (κ1) is 7.60. The molecule has 0 saturated carbocycles. The number of aromatic nitrogens is 3. The largest absolute Gasteiger partial charge is 0.384 e. The van der Waals surface area contributed by atoms with Crippen LogP contribution in [0.15, 0.2) is 36.8 Å². The van der Waals surface area contributed by atoms with Gasteiger partial charge in [-0.05, 0) is 18.2 Å². The first-order valence-electron chi connectivity index (χ1n) is 3.83. The summed E-state index contributed by atoms with van der Waals surface area (Å²) < 4.78 is 1.74. The van der Waals surface area contributed by atoms with Crippen LogP contribution in [0.3, 0.4) is 0 Å². The summed E-state index contributed by atoms with van der Waals surface area (Å²) >= 11 is 0. The van der Waals surface area contributed by atoms with E-state index in [-0.39, 0.29) is 0 Å². The van der Waals surface area contributed by atoms with Crippen LogP contribution in [-0.2, 0) is 0 Å². The van der Waals surface area contributed by atoms with Crippen molar-refractivity contribution in [3.8, 4) is 0 Å². The molecule has 5 nitrogen and oxygen atoms in total. The van der Waals surface area contributed by atoms with Gasteiger partial charge in [0.15, 0.2) is 0 Å². The van der Waals surface area contributed by atoms with E-state index in [4.69, 9.17) is 5.73 Å². The number of nitrogen functional groups attached to an aromatic ring is 1. The molecule has 0 radical (unpaired) electrons. The number of nitrogens with one attached hydrogen (secondary N) is 1. The van der Waals surface area contributed by atoms with Gasteiger partial charge in [0.2, 0.25) is 5.95 Å². The molecule has 13 heavy (non-hydrogen) atoms. The lowest BCUT2D eigenvalue weighted by atomic mass is 10.6. The lowest BCUT2D eigenvalue weighted by Gasteiger charge is -2.04. The van der Waals surface area contributed by atoms with Crippen molar-refractivity contribution in [3.05, 3.63) is 36.8 Å². The Morgan fingerprint density at radius 2 is 2.08 bits per heavy atom. The van der Waals surface area contributed by atoms with Crippen molar-refractivity contribution in [1.82, 2.24) is 14.6 Å². The minimum absolute atomic E-state index is 0.449. The second-order valence-electron chi connectivity index (χ2n) is 2.51. The maximum atomic E-state index is 5.49. The molecule has 0 aliphatic carbocycles. The maximum Gasteiger partial charge on any atom is 0.244 e. The van der Waals surface area contributed by atoms with Gasteiger partial charge in [0.25, 0.3) is 0 Å². The third-order valence-electron chi connectivity index (χ3n) is 1.51.